The van der Waals surface area contributed by atoms with E-state index >= 15 is 0 Å². The fourth-order valence-electron chi connectivity index (χ4n) is 1.27. The van der Waals surface area contributed by atoms with Crippen molar-refractivity contribution in [3.8, 4) is 5.75 Å². The lowest BCUT2D eigenvalue weighted by molar-refractivity contribution is 0.457. The van der Waals surface area contributed by atoms with Crippen LogP contribution in [0.4, 0.5) is 0 Å². The lowest BCUT2D eigenvalue weighted by Crippen LogP contribution is -2.21. The molecule has 0 fully saturated rings. The van der Waals surface area contributed by atoms with Crippen LogP contribution in [0.3, 0.4) is 0 Å². The first-order chi connectivity index (χ1) is 7.59. The first-order valence-corrected chi connectivity index (χ1v) is 7.41. The van der Waals surface area contributed by atoms with Crippen LogP contribution in [-0.2, 0) is 20.2 Å². The maximum absolute atomic E-state index is 11.0. The molecule has 0 saturated carbocycles. The smallest absolute Gasteiger partial charge is 0.273 e. The third-order valence-corrected chi connectivity index (χ3v) is 4.09. The summed E-state index contributed by atoms with van der Waals surface area (Å²) in [5.41, 5.74) is -0.134. The largest absolute Gasteiger partial charge is 0.508 e. The highest BCUT2D eigenvalue weighted by atomic mass is 32.2. The van der Waals surface area contributed by atoms with Gasteiger partial charge in [-0.15, -0.1) is 0 Å². The molecule has 1 unspecified atom stereocenters. The molecule has 0 saturated heterocycles. The monoisotopic (exact) mass is 282 g/mol. The van der Waals surface area contributed by atoms with Crippen molar-refractivity contribution in [2.45, 2.75) is 5.25 Å². The number of rotatable bonds is 4. The lowest BCUT2D eigenvalue weighted by Gasteiger charge is -2.12. The Bertz CT molecular complexity index is 603. The molecule has 0 bridgehead atoms. The summed E-state index contributed by atoms with van der Waals surface area (Å²) in [5, 5.41) is 7.29. The molecule has 0 amide bonds. The van der Waals surface area contributed by atoms with Gasteiger partial charge < -0.3 is 5.11 Å². The van der Waals surface area contributed by atoms with Gasteiger partial charge in [0, 0.05) is 0 Å². The third-order valence-electron chi connectivity index (χ3n) is 1.96. The van der Waals surface area contributed by atoms with Crippen LogP contribution >= 0.6 is 0 Å². The molecule has 1 aromatic rings. The Labute approximate surface area is 98.2 Å². The minimum atomic E-state index is -4.72. The van der Waals surface area contributed by atoms with E-state index in [1.807, 2.05) is 0 Å². The molecule has 0 aliphatic heterocycles. The number of phenols is 1. The van der Waals surface area contributed by atoms with Gasteiger partial charge in [0.15, 0.2) is 0 Å². The quantitative estimate of drug-likeness (QED) is 0.673. The normalized spacial score (nSPS) is 14.5. The summed E-state index contributed by atoms with van der Waals surface area (Å²) in [6.45, 7) is 0. The van der Waals surface area contributed by atoms with Crippen LogP contribution in [-0.4, -0.2) is 36.8 Å². The molecular weight excluding hydrogens is 272 g/mol. The minimum Gasteiger partial charge on any atom is -0.508 e. The van der Waals surface area contributed by atoms with Gasteiger partial charge in [0.05, 0.1) is 5.75 Å². The van der Waals surface area contributed by atoms with E-state index in [0.29, 0.717) is 0 Å². The Morgan fingerprint density at radius 3 is 2.12 bits per heavy atom. The molecule has 0 spiro atoms. The minimum absolute atomic E-state index is 0.134. The van der Waals surface area contributed by atoms with E-state index in [-0.39, 0.29) is 11.3 Å². The fourth-order valence-corrected chi connectivity index (χ4v) is 3.54. The van der Waals surface area contributed by atoms with Crippen molar-refractivity contribution >= 4 is 20.2 Å². The molecule has 0 aliphatic rings. The summed E-state index contributed by atoms with van der Waals surface area (Å²) < 4.78 is 60.9. The zero-order valence-electron chi connectivity index (χ0n) is 8.38. The van der Waals surface area contributed by atoms with E-state index in [1.165, 1.54) is 18.2 Å². The summed E-state index contributed by atoms with van der Waals surface area (Å²) >= 11 is 0. The van der Waals surface area contributed by atoms with Gasteiger partial charge >= 0.3 is 0 Å². The predicted octanol–water partition coefficient (Wildman–Crippen LogP) is 0.209. The number of aromatic hydroxyl groups is 1. The molecule has 0 radical (unpaired) electrons. The van der Waals surface area contributed by atoms with Crippen molar-refractivity contribution in [2.75, 3.05) is 5.75 Å². The van der Waals surface area contributed by atoms with Crippen LogP contribution in [0.1, 0.15) is 10.8 Å². The van der Waals surface area contributed by atoms with Crippen LogP contribution in [0.2, 0.25) is 0 Å². The number of benzene rings is 1. The Kier molecular flexibility index (Phi) is 3.77. The fraction of sp³-hybridized carbons (Fsp3) is 0.250. The number of phenolic OH excluding ortho intramolecular Hbond substituents is 1. The van der Waals surface area contributed by atoms with Gasteiger partial charge in [0.2, 0.25) is 0 Å². The van der Waals surface area contributed by atoms with E-state index in [1.54, 1.807) is 0 Å². The molecule has 0 heterocycles. The summed E-state index contributed by atoms with van der Waals surface area (Å²) in [5.74, 6) is -1.47. The Balaban J connectivity index is 3.26. The van der Waals surface area contributed by atoms with Crippen molar-refractivity contribution < 1.29 is 31.0 Å². The highest BCUT2D eigenvalue weighted by molar-refractivity contribution is 7.89. The van der Waals surface area contributed by atoms with Gasteiger partial charge in [-0.1, -0.05) is 12.1 Å². The summed E-state index contributed by atoms with van der Waals surface area (Å²) in [4.78, 5) is 0. The van der Waals surface area contributed by atoms with Crippen LogP contribution in [0.15, 0.2) is 24.3 Å². The third kappa shape index (κ3) is 4.30. The second kappa shape index (κ2) is 4.61. The van der Waals surface area contributed by atoms with Crippen molar-refractivity contribution in [1.82, 2.24) is 0 Å². The standard InChI is InChI=1S/C8H10O7S2/c9-7-3-1-2-6(4-7)8(17(13,14)15)5-16(10,11)12/h1-4,8-9H,5H2,(H,10,11,12)(H,13,14,15). The number of hydrogen-bond donors (Lipinski definition) is 3. The first kappa shape index (κ1) is 13.9. The van der Waals surface area contributed by atoms with E-state index < -0.39 is 31.2 Å². The van der Waals surface area contributed by atoms with Crippen LogP contribution in [0.25, 0.3) is 0 Å². The van der Waals surface area contributed by atoms with Gasteiger partial charge in [-0.25, -0.2) is 0 Å². The molecule has 1 atom stereocenters. The van der Waals surface area contributed by atoms with Crippen molar-refractivity contribution in [1.29, 1.82) is 0 Å². The maximum atomic E-state index is 11.0. The summed E-state index contributed by atoms with van der Waals surface area (Å²) in [6.07, 6.45) is 0. The molecule has 0 aromatic heterocycles. The topological polar surface area (TPSA) is 129 Å². The second-order valence-corrected chi connectivity index (χ2v) is 6.44. The summed E-state index contributed by atoms with van der Waals surface area (Å²) in [6, 6.07) is 4.73. The SMILES string of the molecule is O=S(=O)(O)CC(c1cccc(O)c1)S(=O)(=O)O. The molecule has 3 N–H and O–H groups in total. The average Bonchev–Trinajstić information content (AvgIpc) is 2.11. The van der Waals surface area contributed by atoms with E-state index in [9.17, 15) is 16.8 Å². The highest BCUT2D eigenvalue weighted by Gasteiger charge is 2.30. The van der Waals surface area contributed by atoms with Gasteiger partial charge in [-0.05, 0) is 17.7 Å². The first-order valence-electron chi connectivity index (χ1n) is 4.30. The molecule has 17 heavy (non-hydrogen) atoms. The van der Waals surface area contributed by atoms with E-state index in [0.717, 1.165) is 6.07 Å². The van der Waals surface area contributed by atoms with Crippen molar-refractivity contribution in [3.63, 3.8) is 0 Å². The van der Waals surface area contributed by atoms with Gasteiger partial charge in [0.25, 0.3) is 20.2 Å². The number of hydrogen-bond acceptors (Lipinski definition) is 5. The second-order valence-electron chi connectivity index (χ2n) is 3.35. The van der Waals surface area contributed by atoms with E-state index in [2.05, 4.69) is 0 Å². The summed E-state index contributed by atoms with van der Waals surface area (Å²) in [7, 11) is -9.31. The van der Waals surface area contributed by atoms with Gasteiger partial charge in [-0.2, -0.15) is 16.8 Å². The Hall–Kier alpha value is -1.16. The van der Waals surface area contributed by atoms with Crippen molar-refractivity contribution in [3.05, 3.63) is 29.8 Å². The zero-order chi connectivity index (χ0) is 13.3. The average molecular weight is 282 g/mol. The highest BCUT2D eigenvalue weighted by Crippen LogP contribution is 2.25. The predicted molar refractivity (Wildman–Crippen MR) is 58.8 cm³/mol. The molecule has 9 heteroatoms. The maximum Gasteiger partial charge on any atom is 0.273 e. The van der Waals surface area contributed by atoms with E-state index in [4.69, 9.17) is 14.2 Å². The van der Waals surface area contributed by atoms with Gasteiger partial charge in [0.1, 0.15) is 11.0 Å². The molecule has 7 nitrogen and oxygen atoms in total. The lowest BCUT2D eigenvalue weighted by atomic mass is 10.1. The molecule has 0 aliphatic carbocycles. The van der Waals surface area contributed by atoms with Crippen LogP contribution in [0, 0.1) is 0 Å². The zero-order valence-corrected chi connectivity index (χ0v) is 10.0. The molecule has 1 aromatic carbocycles. The van der Waals surface area contributed by atoms with Crippen LogP contribution in [0.5, 0.6) is 5.75 Å². The van der Waals surface area contributed by atoms with Gasteiger partial charge in [-0.3, -0.25) is 9.11 Å². The Morgan fingerprint density at radius 1 is 1.12 bits per heavy atom. The molecule has 96 valence electrons. The Morgan fingerprint density at radius 2 is 1.71 bits per heavy atom. The van der Waals surface area contributed by atoms with Crippen LogP contribution < -0.4 is 0 Å². The molecular formula is C8H10O7S2. The van der Waals surface area contributed by atoms with Crippen molar-refractivity contribution in [2.24, 2.45) is 0 Å². The molecule has 1 rings (SSSR count).